The number of halogens is 4. The van der Waals surface area contributed by atoms with Crippen LogP contribution < -0.4 is 5.32 Å². The smallest absolute Gasteiger partial charge is 0.433 e. The van der Waals surface area contributed by atoms with Gasteiger partial charge < -0.3 is 15.5 Å². The second-order valence-electron chi connectivity index (χ2n) is 8.34. The number of aromatic nitrogens is 3. The zero-order valence-electron chi connectivity index (χ0n) is 17.8. The first-order valence-electron chi connectivity index (χ1n) is 10.3. The number of aliphatic hydroxyl groups is 1. The Balaban J connectivity index is 1.57. The first kappa shape index (κ1) is 24.4. The van der Waals surface area contributed by atoms with Crippen LogP contribution >= 0.6 is 22.9 Å². The average molecular weight is 513 g/mol. The van der Waals surface area contributed by atoms with E-state index >= 15 is 0 Å². The van der Waals surface area contributed by atoms with Crippen molar-refractivity contribution in [2.45, 2.75) is 38.0 Å². The minimum Gasteiger partial charge on any atom is -0.481 e. The summed E-state index contributed by atoms with van der Waals surface area (Å²) in [6.45, 7) is 1.81. The number of carboxylic acids is 1. The molecule has 12 heteroatoms. The lowest BCUT2D eigenvalue weighted by molar-refractivity contribution is -0.148. The third-order valence-corrected chi connectivity index (χ3v) is 7.28. The predicted molar refractivity (Wildman–Crippen MR) is 121 cm³/mol. The molecule has 0 bridgehead atoms. The molecule has 3 aromatic rings. The van der Waals surface area contributed by atoms with Gasteiger partial charge in [0.05, 0.1) is 10.8 Å². The summed E-state index contributed by atoms with van der Waals surface area (Å²) in [6.07, 6.45) is -1.08. The van der Waals surface area contributed by atoms with Gasteiger partial charge in [0.2, 0.25) is 5.95 Å². The maximum atomic E-state index is 12.9. The molecule has 0 amide bonds. The molecule has 1 aliphatic rings. The highest BCUT2D eigenvalue weighted by Crippen LogP contribution is 2.45. The summed E-state index contributed by atoms with van der Waals surface area (Å²) in [5.74, 6) is -1.80. The number of aliphatic carboxylic acids is 1. The number of thiazole rings is 1. The molecule has 2 aromatic heterocycles. The van der Waals surface area contributed by atoms with Gasteiger partial charge in [0, 0.05) is 23.1 Å². The Kier molecular flexibility index (Phi) is 6.54. The molecule has 1 aliphatic carbocycles. The molecule has 1 fully saturated rings. The summed E-state index contributed by atoms with van der Waals surface area (Å²) in [5.41, 5.74) is -1.27. The van der Waals surface area contributed by atoms with Crippen molar-refractivity contribution in [3.8, 4) is 10.4 Å². The zero-order chi connectivity index (χ0) is 24.7. The van der Waals surface area contributed by atoms with Gasteiger partial charge in [0.1, 0.15) is 16.3 Å². The van der Waals surface area contributed by atoms with Crippen molar-refractivity contribution < 1.29 is 28.2 Å². The van der Waals surface area contributed by atoms with E-state index in [-0.39, 0.29) is 24.7 Å². The molecule has 180 valence electrons. The average Bonchev–Trinajstić information content (AvgIpc) is 3.24. The maximum absolute atomic E-state index is 12.9. The van der Waals surface area contributed by atoms with Crippen LogP contribution in [0, 0.1) is 11.8 Å². The van der Waals surface area contributed by atoms with E-state index in [1.165, 1.54) is 17.4 Å². The summed E-state index contributed by atoms with van der Waals surface area (Å²) < 4.78 is 38.8. The maximum Gasteiger partial charge on any atom is 0.433 e. The molecule has 0 aliphatic heterocycles. The van der Waals surface area contributed by atoms with E-state index in [0.29, 0.717) is 32.6 Å². The summed E-state index contributed by atoms with van der Waals surface area (Å²) in [7, 11) is 0. The Bertz CT molecular complexity index is 1220. The quantitative estimate of drug-likeness (QED) is 0.401. The van der Waals surface area contributed by atoms with Gasteiger partial charge in [-0.1, -0.05) is 18.5 Å². The number of carboxylic acid groups (broad SMARTS) is 1. The summed E-state index contributed by atoms with van der Waals surface area (Å²) in [6, 6.07) is 5.65. The van der Waals surface area contributed by atoms with Gasteiger partial charge in [0.25, 0.3) is 0 Å². The molecular formula is C22H20ClF3N4O3S. The van der Waals surface area contributed by atoms with Crippen LogP contribution in [0.4, 0.5) is 24.8 Å². The highest BCUT2D eigenvalue weighted by molar-refractivity contribution is 7.15. The van der Waals surface area contributed by atoms with Crippen LogP contribution in [0.25, 0.3) is 10.4 Å². The van der Waals surface area contributed by atoms with Gasteiger partial charge in [-0.15, -0.1) is 11.3 Å². The fourth-order valence-electron chi connectivity index (χ4n) is 4.15. The number of alkyl halides is 3. The number of benzene rings is 1. The molecule has 4 rings (SSSR count). The second-order valence-corrected chi connectivity index (χ2v) is 9.81. The van der Waals surface area contributed by atoms with Gasteiger partial charge >= 0.3 is 12.1 Å². The molecule has 1 saturated carbocycles. The first-order valence-corrected chi connectivity index (χ1v) is 11.5. The number of hydrogen-bond donors (Lipinski definition) is 3. The number of nitrogens with one attached hydrogen (secondary N) is 1. The fraction of sp³-hybridized carbons (Fsp3) is 0.364. The van der Waals surface area contributed by atoms with Gasteiger partial charge in [-0.3, -0.25) is 4.79 Å². The van der Waals surface area contributed by atoms with Crippen molar-refractivity contribution >= 4 is 40.5 Å². The molecular weight excluding hydrogens is 493 g/mol. The van der Waals surface area contributed by atoms with Crippen molar-refractivity contribution in [2.24, 2.45) is 11.8 Å². The lowest BCUT2D eigenvalue weighted by Crippen LogP contribution is -2.38. The first-order chi connectivity index (χ1) is 15.9. The van der Waals surface area contributed by atoms with Crippen LogP contribution in [0.2, 0.25) is 5.02 Å². The monoisotopic (exact) mass is 512 g/mol. The van der Waals surface area contributed by atoms with Crippen LogP contribution in [0.1, 0.15) is 36.9 Å². The van der Waals surface area contributed by atoms with Crippen LogP contribution in [0.15, 0.2) is 36.7 Å². The highest BCUT2D eigenvalue weighted by atomic mass is 35.5. The fourth-order valence-corrected chi connectivity index (χ4v) is 5.41. The van der Waals surface area contributed by atoms with Crippen molar-refractivity contribution in [2.75, 3.05) is 5.32 Å². The van der Waals surface area contributed by atoms with Gasteiger partial charge in [-0.2, -0.15) is 13.2 Å². The Labute approximate surface area is 201 Å². The molecule has 7 nitrogen and oxygen atoms in total. The molecule has 3 unspecified atom stereocenters. The topological polar surface area (TPSA) is 108 Å². The van der Waals surface area contributed by atoms with Gasteiger partial charge in [0.15, 0.2) is 0 Å². The largest absolute Gasteiger partial charge is 0.481 e. The predicted octanol–water partition coefficient (Wildman–Crippen LogP) is 5.72. The number of hydrogen-bond acceptors (Lipinski definition) is 7. The number of carbonyl (C=O) groups is 1. The minimum atomic E-state index is -4.60. The van der Waals surface area contributed by atoms with E-state index < -0.39 is 29.4 Å². The van der Waals surface area contributed by atoms with Gasteiger partial charge in [-0.05, 0) is 55.0 Å². The van der Waals surface area contributed by atoms with E-state index in [0.717, 1.165) is 12.3 Å². The number of nitrogens with zero attached hydrogens (tertiary/aromatic N) is 3. The van der Waals surface area contributed by atoms with E-state index in [1.54, 1.807) is 18.3 Å². The van der Waals surface area contributed by atoms with E-state index in [1.807, 2.05) is 6.92 Å². The zero-order valence-corrected chi connectivity index (χ0v) is 19.4. The molecule has 3 atom stereocenters. The summed E-state index contributed by atoms with van der Waals surface area (Å²) in [4.78, 5) is 23.8. The molecule has 0 radical (unpaired) electrons. The van der Waals surface area contributed by atoms with Crippen LogP contribution in [0.3, 0.4) is 0 Å². The normalized spacial score (nSPS) is 23.0. The van der Waals surface area contributed by atoms with Crippen molar-refractivity contribution in [1.29, 1.82) is 0 Å². The van der Waals surface area contributed by atoms with Gasteiger partial charge in [-0.25, -0.2) is 15.0 Å². The Morgan fingerprint density at radius 3 is 2.74 bits per heavy atom. The third-order valence-electron chi connectivity index (χ3n) is 5.82. The van der Waals surface area contributed by atoms with E-state index in [9.17, 15) is 28.2 Å². The summed E-state index contributed by atoms with van der Waals surface area (Å²) in [5, 5.41) is 24.1. The Morgan fingerprint density at radius 1 is 1.29 bits per heavy atom. The molecule has 34 heavy (non-hydrogen) atoms. The van der Waals surface area contributed by atoms with E-state index in [4.69, 9.17) is 11.6 Å². The molecule has 0 spiro atoms. The van der Waals surface area contributed by atoms with Crippen LogP contribution in [-0.2, 0) is 16.6 Å². The minimum absolute atomic E-state index is 0.210. The number of anilines is 2. The third kappa shape index (κ3) is 5.16. The Morgan fingerprint density at radius 2 is 2.06 bits per heavy atom. The summed E-state index contributed by atoms with van der Waals surface area (Å²) >= 11 is 7.49. The van der Waals surface area contributed by atoms with Crippen LogP contribution in [0.5, 0.6) is 0 Å². The second kappa shape index (κ2) is 9.12. The molecule has 0 saturated heterocycles. The SMILES string of the molecule is CC1CC(O)(c2ncc(-c3cc(Cl)cc(Nc4nccc(C(F)(F)F)n4)c3)s2)CCC1C(=O)O. The molecule has 2 heterocycles. The molecule has 3 N–H and O–H groups in total. The van der Waals surface area contributed by atoms with Crippen molar-refractivity contribution in [1.82, 2.24) is 15.0 Å². The Hall–Kier alpha value is -2.76. The highest BCUT2D eigenvalue weighted by Gasteiger charge is 2.43. The standard InChI is InChI=1S/C22H20ClF3N4O3S/c1-11-9-21(33,4-2-15(11)18(31)32)19-28-10-16(34-19)12-6-13(23)8-14(7-12)29-20-27-5-3-17(30-20)22(24,25)26/h3,5-8,10-11,15,33H,2,4,9H2,1H3,(H,31,32)(H,27,29,30). The lowest BCUT2D eigenvalue weighted by Gasteiger charge is -2.37. The van der Waals surface area contributed by atoms with Crippen molar-refractivity contribution in [3.05, 3.63) is 52.4 Å². The van der Waals surface area contributed by atoms with Crippen molar-refractivity contribution in [3.63, 3.8) is 0 Å². The van der Waals surface area contributed by atoms with E-state index in [2.05, 4.69) is 20.3 Å². The number of rotatable bonds is 5. The lowest BCUT2D eigenvalue weighted by atomic mass is 9.72. The molecule has 1 aromatic carbocycles. The van der Waals surface area contributed by atoms with Crippen LogP contribution in [-0.4, -0.2) is 31.1 Å².